The molecule has 86 valence electrons. The highest BCUT2D eigenvalue weighted by Crippen LogP contribution is 2.36. The van der Waals surface area contributed by atoms with Gasteiger partial charge in [0.1, 0.15) is 27.5 Å². The highest BCUT2D eigenvalue weighted by Gasteiger charge is 2.14. The maximum absolute atomic E-state index is 13.2. The Kier molecular flexibility index (Phi) is 3.27. The van der Waals surface area contributed by atoms with Gasteiger partial charge in [-0.25, -0.2) is 9.37 Å². The Hall–Kier alpha value is -1.64. The predicted octanol–water partition coefficient (Wildman–Crippen LogP) is 3.48. The van der Waals surface area contributed by atoms with Crippen molar-refractivity contribution < 1.29 is 9.13 Å². The second kappa shape index (κ2) is 4.70. The zero-order valence-electron chi connectivity index (χ0n) is 8.70. The summed E-state index contributed by atoms with van der Waals surface area (Å²) in [5, 5.41) is 9.38. The number of aromatic nitrogens is 1. The minimum Gasteiger partial charge on any atom is -0.496 e. The maximum Gasteiger partial charge on any atom is 0.158 e. The van der Waals surface area contributed by atoms with Gasteiger partial charge in [0.15, 0.2) is 5.15 Å². The quantitative estimate of drug-likeness (QED) is 0.838. The van der Waals surface area contributed by atoms with Crippen molar-refractivity contribution in [3.8, 4) is 22.4 Å². The molecule has 0 N–H and O–H groups in total. The van der Waals surface area contributed by atoms with Gasteiger partial charge in [0, 0.05) is 0 Å². The van der Waals surface area contributed by atoms with Gasteiger partial charge in [0.05, 0.1) is 12.7 Å². The molecule has 3 nitrogen and oxygen atoms in total. The predicted molar refractivity (Wildman–Crippen MR) is 63.8 cm³/mol. The van der Waals surface area contributed by atoms with E-state index in [-0.39, 0.29) is 5.15 Å². The first-order valence-electron chi connectivity index (χ1n) is 4.56. The number of hydrogen-bond acceptors (Lipinski definition) is 4. The van der Waals surface area contributed by atoms with Crippen LogP contribution in [0, 0.1) is 17.1 Å². The van der Waals surface area contributed by atoms with Crippen LogP contribution < -0.4 is 4.74 Å². The highest BCUT2D eigenvalue weighted by atomic mass is 35.5. The summed E-state index contributed by atoms with van der Waals surface area (Å²) < 4.78 is 18.3. The lowest BCUT2D eigenvalue weighted by atomic mass is 10.2. The van der Waals surface area contributed by atoms with E-state index in [0.29, 0.717) is 21.2 Å². The first-order chi connectivity index (χ1) is 8.15. The molecule has 0 spiro atoms. The van der Waals surface area contributed by atoms with Gasteiger partial charge >= 0.3 is 0 Å². The lowest BCUT2D eigenvalue weighted by Crippen LogP contribution is -1.88. The second-order valence-corrected chi connectivity index (χ2v) is 4.45. The van der Waals surface area contributed by atoms with Crippen LogP contribution in [0.3, 0.4) is 0 Å². The smallest absolute Gasteiger partial charge is 0.158 e. The van der Waals surface area contributed by atoms with Crippen LogP contribution in [0.4, 0.5) is 4.39 Å². The van der Waals surface area contributed by atoms with Gasteiger partial charge in [-0.2, -0.15) is 5.26 Å². The van der Waals surface area contributed by atoms with E-state index in [0.717, 1.165) is 11.3 Å². The molecule has 6 heteroatoms. The van der Waals surface area contributed by atoms with Gasteiger partial charge in [-0.15, -0.1) is 11.3 Å². The lowest BCUT2D eigenvalue weighted by Gasteiger charge is -2.05. The fraction of sp³-hybridized carbons (Fsp3) is 0.0909. The molecule has 2 rings (SSSR count). The average Bonchev–Trinajstić information content (AvgIpc) is 2.70. The normalized spacial score (nSPS) is 10.0. The van der Waals surface area contributed by atoms with Crippen LogP contribution in [0.25, 0.3) is 10.6 Å². The van der Waals surface area contributed by atoms with Gasteiger partial charge in [0.25, 0.3) is 0 Å². The zero-order valence-corrected chi connectivity index (χ0v) is 10.3. The molecule has 0 fully saturated rings. The van der Waals surface area contributed by atoms with Crippen molar-refractivity contribution in [3.05, 3.63) is 34.0 Å². The van der Waals surface area contributed by atoms with Gasteiger partial charge < -0.3 is 4.74 Å². The largest absolute Gasteiger partial charge is 0.496 e. The van der Waals surface area contributed by atoms with Gasteiger partial charge in [-0.1, -0.05) is 11.6 Å². The Morgan fingerprint density at radius 3 is 2.88 bits per heavy atom. The molecule has 0 aliphatic carbocycles. The minimum atomic E-state index is -0.398. The SMILES string of the molecule is COc1ccc(F)cc1-c1nc(Cl)c(C#N)s1. The van der Waals surface area contributed by atoms with E-state index >= 15 is 0 Å². The summed E-state index contributed by atoms with van der Waals surface area (Å²) >= 11 is 6.87. The first-order valence-corrected chi connectivity index (χ1v) is 5.75. The molecular formula is C11H6ClFN2OS. The van der Waals surface area contributed by atoms with Crippen LogP contribution >= 0.6 is 22.9 Å². The van der Waals surface area contributed by atoms with E-state index in [4.69, 9.17) is 21.6 Å². The van der Waals surface area contributed by atoms with E-state index in [1.165, 1.54) is 25.3 Å². The van der Waals surface area contributed by atoms with Crippen molar-refractivity contribution in [2.75, 3.05) is 7.11 Å². The van der Waals surface area contributed by atoms with Crippen LogP contribution in [0.5, 0.6) is 5.75 Å². The molecule has 17 heavy (non-hydrogen) atoms. The lowest BCUT2D eigenvalue weighted by molar-refractivity contribution is 0.415. The molecule has 2 aromatic rings. The van der Waals surface area contributed by atoms with Crippen molar-refractivity contribution in [3.63, 3.8) is 0 Å². The zero-order chi connectivity index (χ0) is 12.4. The van der Waals surface area contributed by atoms with Gasteiger partial charge in [-0.3, -0.25) is 0 Å². The summed E-state index contributed by atoms with van der Waals surface area (Å²) in [5.41, 5.74) is 0.487. The van der Waals surface area contributed by atoms with E-state index in [1.807, 2.05) is 6.07 Å². The van der Waals surface area contributed by atoms with Crippen LogP contribution in [0.2, 0.25) is 5.15 Å². The molecule has 1 aromatic heterocycles. The summed E-state index contributed by atoms with van der Waals surface area (Å²) in [4.78, 5) is 4.32. The molecule has 1 heterocycles. The highest BCUT2D eigenvalue weighted by molar-refractivity contribution is 7.16. The van der Waals surface area contributed by atoms with Crippen molar-refractivity contribution in [1.29, 1.82) is 5.26 Å². The molecule has 0 bridgehead atoms. The topological polar surface area (TPSA) is 45.9 Å². The number of nitriles is 1. The van der Waals surface area contributed by atoms with E-state index in [1.54, 1.807) is 0 Å². The minimum absolute atomic E-state index is 0.124. The molecular weight excluding hydrogens is 263 g/mol. The molecule has 0 saturated heterocycles. The number of ether oxygens (including phenoxy) is 1. The Morgan fingerprint density at radius 2 is 2.29 bits per heavy atom. The number of rotatable bonds is 2. The van der Waals surface area contributed by atoms with E-state index < -0.39 is 5.82 Å². The number of methoxy groups -OCH3 is 1. The Balaban J connectivity index is 2.59. The average molecular weight is 269 g/mol. The van der Waals surface area contributed by atoms with Crippen LogP contribution in [-0.2, 0) is 0 Å². The van der Waals surface area contributed by atoms with Crippen molar-refractivity contribution in [1.82, 2.24) is 4.98 Å². The van der Waals surface area contributed by atoms with E-state index in [2.05, 4.69) is 4.98 Å². The number of nitrogens with zero attached hydrogens (tertiary/aromatic N) is 2. The molecule has 0 amide bonds. The molecule has 0 saturated carbocycles. The van der Waals surface area contributed by atoms with Crippen LogP contribution in [0.15, 0.2) is 18.2 Å². The first kappa shape index (κ1) is 11.8. The van der Waals surface area contributed by atoms with Crippen molar-refractivity contribution in [2.24, 2.45) is 0 Å². The summed E-state index contributed by atoms with van der Waals surface area (Å²) in [5.74, 6) is 0.0898. The van der Waals surface area contributed by atoms with Crippen molar-refractivity contribution >= 4 is 22.9 Å². The maximum atomic E-state index is 13.2. The summed E-state index contributed by atoms with van der Waals surface area (Å²) in [6, 6.07) is 6.03. The fourth-order valence-electron chi connectivity index (χ4n) is 1.33. The monoisotopic (exact) mass is 268 g/mol. The third kappa shape index (κ3) is 2.23. The molecule has 0 radical (unpaired) electrons. The summed E-state index contributed by atoms with van der Waals surface area (Å²) in [6.07, 6.45) is 0. The van der Waals surface area contributed by atoms with E-state index in [9.17, 15) is 4.39 Å². The number of thiazole rings is 1. The van der Waals surface area contributed by atoms with Gasteiger partial charge in [-0.05, 0) is 18.2 Å². The number of benzene rings is 1. The molecule has 1 aromatic carbocycles. The Labute approximate surface area is 106 Å². The van der Waals surface area contributed by atoms with Gasteiger partial charge in [0.2, 0.25) is 0 Å². The number of hydrogen-bond donors (Lipinski definition) is 0. The Bertz CT molecular complexity index is 606. The standard InChI is InChI=1S/C11H6ClFN2OS/c1-16-8-3-2-6(13)4-7(8)11-15-10(12)9(5-14)17-11/h2-4H,1H3. The molecule has 0 aliphatic rings. The third-order valence-electron chi connectivity index (χ3n) is 2.08. The fourth-order valence-corrected chi connectivity index (χ4v) is 2.40. The number of halogens is 2. The van der Waals surface area contributed by atoms with Crippen molar-refractivity contribution in [2.45, 2.75) is 0 Å². The summed E-state index contributed by atoms with van der Waals surface area (Å²) in [7, 11) is 1.48. The third-order valence-corrected chi connectivity index (χ3v) is 3.46. The molecule has 0 atom stereocenters. The summed E-state index contributed by atoms with van der Waals surface area (Å²) in [6.45, 7) is 0. The molecule has 0 unspecified atom stereocenters. The van der Waals surface area contributed by atoms with Crippen LogP contribution in [0.1, 0.15) is 4.88 Å². The van der Waals surface area contributed by atoms with Crippen LogP contribution in [-0.4, -0.2) is 12.1 Å². The second-order valence-electron chi connectivity index (χ2n) is 3.10. The molecule has 0 aliphatic heterocycles. The Morgan fingerprint density at radius 1 is 1.53 bits per heavy atom.